The molecule has 0 aliphatic heterocycles. The number of hydrogen-bond acceptors (Lipinski definition) is 4. The first kappa shape index (κ1) is 9.84. The van der Waals surface area contributed by atoms with Crippen LogP contribution in [0.25, 0.3) is 0 Å². The minimum atomic E-state index is -0.559. The summed E-state index contributed by atoms with van der Waals surface area (Å²) < 4.78 is 4.84. The van der Waals surface area contributed by atoms with E-state index in [1.807, 2.05) is 0 Å². The summed E-state index contributed by atoms with van der Waals surface area (Å²) in [6.07, 6.45) is -0.941. The molecule has 0 heterocycles. The second-order valence-corrected chi connectivity index (χ2v) is 2.07. The highest BCUT2D eigenvalue weighted by molar-refractivity contribution is 4.60. The Morgan fingerprint density at radius 3 is 2.50 bits per heavy atom. The van der Waals surface area contributed by atoms with Crippen molar-refractivity contribution in [1.82, 2.24) is 5.32 Å². The van der Waals surface area contributed by atoms with Crippen molar-refractivity contribution < 1.29 is 14.9 Å². The topological polar surface area (TPSA) is 61.7 Å². The van der Waals surface area contributed by atoms with Crippen LogP contribution in [-0.4, -0.2) is 42.8 Å². The van der Waals surface area contributed by atoms with E-state index >= 15 is 0 Å². The molecular weight excluding hydrogens is 134 g/mol. The number of methoxy groups -OCH3 is 1. The minimum Gasteiger partial charge on any atom is -0.395 e. The second-order valence-electron chi connectivity index (χ2n) is 2.07. The summed E-state index contributed by atoms with van der Waals surface area (Å²) >= 11 is 0. The molecule has 62 valence electrons. The molecule has 0 saturated carbocycles. The van der Waals surface area contributed by atoms with Gasteiger partial charge in [0.2, 0.25) is 0 Å². The van der Waals surface area contributed by atoms with Gasteiger partial charge in [-0.15, -0.1) is 0 Å². The Morgan fingerprint density at radius 2 is 2.20 bits per heavy atom. The van der Waals surface area contributed by atoms with Gasteiger partial charge in [-0.05, 0) is 6.92 Å². The van der Waals surface area contributed by atoms with Crippen LogP contribution in [0.2, 0.25) is 0 Å². The third-order valence-corrected chi connectivity index (χ3v) is 1.15. The van der Waals surface area contributed by atoms with Crippen LogP contribution in [0.3, 0.4) is 0 Å². The third-order valence-electron chi connectivity index (χ3n) is 1.15. The van der Waals surface area contributed by atoms with E-state index in [2.05, 4.69) is 5.32 Å². The Kier molecular flexibility index (Phi) is 5.52. The van der Waals surface area contributed by atoms with Crippen LogP contribution in [0.4, 0.5) is 0 Å². The normalized spacial score (nSPS) is 16.8. The van der Waals surface area contributed by atoms with Crippen molar-refractivity contribution in [2.24, 2.45) is 0 Å². The van der Waals surface area contributed by atoms with Gasteiger partial charge in [0.05, 0.1) is 12.7 Å². The van der Waals surface area contributed by atoms with Crippen molar-refractivity contribution in [3.63, 3.8) is 0 Å². The zero-order chi connectivity index (χ0) is 7.98. The van der Waals surface area contributed by atoms with Gasteiger partial charge >= 0.3 is 0 Å². The van der Waals surface area contributed by atoms with Crippen molar-refractivity contribution in [3.05, 3.63) is 0 Å². The maximum atomic E-state index is 8.97. The van der Waals surface area contributed by atoms with Crippen molar-refractivity contribution in [1.29, 1.82) is 0 Å². The Balaban J connectivity index is 3.40. The van der Waals surface area contributed by atoms with Gasteiger partial charge in [0.15, 0.2) is 0 Å². The molecule has 0 aromatic heterocycles. The molecule has 4 heteroatoms. The van der Waals surface area contributed by atoms with Gasteiger partial charge < -0.3 is 14.9 Å². The number of aliphatic hydroxyl groups excluding tert-OH is 2. The second kappa shape index (κ2) is 5.61. The van der Waals surface area contributed by atoms with E-state index in [-0.39, 0.29) is 12.8 Å². The fraction of sp³-hybridized carbons (Fsp3) is 1.00. The lowest BCUT2D eigenvalue weighted by molar-refractivity contribution is -0.0242. The van der Waals surface area contributed by atoms with Crippen LogP contribution in [0.5, 0.6) is 0 Å². The summed E-state index contributed by atoms with van der Waals surface area (Å²) in [6, 6.07) is 0. The van der Waals surface area contributed by atoms with E-state index in [1.54, 1.807) is 6.92 Å². The van der Waals surface area contributed by atoms with Gasteiger partial charge in [-0.25, -0.2) is 0 Å². The first-order chi connectivity index (χ1) is 4.72. The minimum absolute atomic E-state index is 0.0482. The molecule has 0 aliphatic rings. The Morgan fingerprint density at radius 1 is 1.60 bits per heavy atom. The van der Waals surface area contributed by atoms with E-state index < -0.39 is 6.10 Å². The van der Waals surface area contributed by atoms with Gasteiger partial charge in [-0.2, -0.15) is 0 Å². The molecule has 4 nitrogen and oxygen atoms in total. The van der Waals surface area contributed by atoms with Crippen LogP contribution in [0.1, 0.15) is 6.92 Å². The molecule has 2 unspecified atom stereocenters. The summed E-state index contributed by atoms with van der Waals surface area (Å²) in [4.78, 5) is 0. The van der Waals surface area contributed by atoms with Crippen LogP contribution < -0.4 is 5.32 Å². The first-order valence-corrected chi connectivity index (χ1v) is 3.27. The fourth-order valence-corrected chi connectivity index (χ4v) is 0.658. The average Bonchev–Trinajstić information content (AvgIpc) is 1.89. The van der Waals surface area contributed by atoms with Crippen LogP contribution in [0, 0.1) is 0 Å². The van der Waals surface area contributed by atoms with E-state index in [4.69, 9.17) is 14.9 Å². The lowest BCUT2D eigenvalue weighted by Crippen LogP contribution is -2.41. The molecule has 0 bridgehead atoms. The highest BCUT2D eigenvalue weighted by atomic mass is 16.5. The maximum absolute atomic E-state index is 8.97. The summed E-state index contributed by atoms with van der Waals surface area (Å²) in [5, 5.41) is 20.2. The molecule has 0 fully saturated rings. The summed E-state index contributed by atoms with van der Waals surface area (Å²) in [5.41, 5.74) is 0. The molecule has 0 aliphatic carbocycles. The molecule has 0 saturated heterocycles. The lowest BCUT2D eigenvalue weighted by Gasteiger charge is -2.18. The molecule has 2 atom stereocenters. The number of hydrogen-bond donors (Lipinski definition) is 3. The quantitative estimate of drug-likeness (QED) is 0.435. The lowest BCUT2D eigenvalue weighted by atomic mass is 10.3. The predicted octanol–water partition coefficient (Wildman–Crippen LogP) is -1.08. The monoisotopic (exact) mass is 149 g/mol. The largest absolute Gasteiger partial charge is 0.395 e. The maximum Gasteiger partial charge on any atom is 0.133 e. The Labute approximate surface area is 60.8 Å². The molecule has 0 radical (unpaired) electrons. The molecule has 0 aromatic carbocycles. The zero-order valence-electron chi connectivity index (χ0n) is 6.37. The number of ether oxygens (including phenoxy) is 1. The van der Waals surface area contributed by atoms with Crippen molar-refractivity contribution >= 4 is 0 Å². The molecule has 0 spiro atoms. The van der Waals surface area contributed by atoms with Gasteiger partial charge in [-0.3, -0.25) is 5.32 Å². The van der Waals surface area contributed by atoms with Crippen LogP contribution >= 0.6 is 0 Å². The van der Waals surface area contributed by atoms with Gasteiger partial charge in [0, 0.05) is 13.7 Å². The van der Waals surface area contributed by atoms with E-state index in [1.165, 1.54) is 7.11 Å². The van der Waals surface area contributed by atoms with Crippen LogP contribution in [0.15, 0.2) is 0 Å². The first-order valence-electron chi connectivity index (χ1n) is 3.27. The molecule has 0 rings (SSSR count). The smallest absolute Gasteiger partial charge is 0.133 e. The SMILES string of the molecule is COC(NCCO)C(C)O. The number of aliphatic hydroxyl groups is 2. The van der Waals surface area contributed by atoms with E-state index in [9.17, 15) is 0 Å². The third kappa shape index (κ3) is 3.79. The highest BCUT2D eigenvalue weighted by Gasteiger charge is 2.11. The standard InChI is InChI=1S/C6H15NO3/c1-5(9)6(10-2)7-3-4-8/h5-9H,3-4H2,1-2H3. The Hall–Kier alpha value is -0.160. The average molecular weight is 149 g/mol. The highest BCUT2D eigenvalue weighted by Crippen LogP contribution is 1.91. The van der Waals surface area contributed by atoms with Gasteiger partial charge in [0.1, 0.15) is 6.23 Å². The van der Waals surface area contributed by atoms with E-state index in [0.29, 0.717) is 6.54 Å². The van der Waals surface area contributed by atoms with Gasteiger partial charge in [-0.1, -0.05) is 0 Å². The summed E-state index contributed by atoms with van der Waals surface area (Å²) in [5.74, 6) is 0. The molecular formula is C6H15NO3. The number of rotatable bonds is 5. The van der Waals surface area contributed by atoms with Crippen molar-refractivity contribution in [2.45, 2.75) is 19.3 Å². The Bertz CT molecular complexity index is 77.4. The number of nitrogens with one attached hydrogen (secondary N) is 1. The molecule has 3 N–H and O–H groups in total. The van der Waals surface area contributed by atoms with E-state index in [0.717, 1.165) is 0 Å². The zero-order valence-corrected chi connectivity index (χ0v) is 6.37. The van der Waals surface area contributed by atoms with Crippen LogP contribution in [-0.2, 0) is 4.74 Å². The molecule has 0 amide bonds. The molecule has 10 heavy (non-hydrogen) atoms. The van der Waals surface area contributed by atoms with Gasteiger partial charge in [0.25, 0.3) is 0 Å². The summed E-state index contributed by atoms with van der Waals surface area (Å²) in [6.45, 7) is 2.11. The van der Waals surface area contributed by atoms with Crippen molar-refractivity contribution in [2.75, 3.05) is 20.3 Å². The molecule has 0 aromatic rings. The summed E-state index contributed by atoms with van der Waals surface area (Å²) in [7, 11) is 1.50. The predicted molar refractivity (Wildman–Crippen MR) is 37.6 cm³/mol. The fourth-order valence-electron chi connectivity index (χ4n) is 0.658. The van der Waals surface area contributed by atoms with Crippen molar-refractivity contribution in [3.8, 4) is 0 Å².